The van der Waals surface area contributed by atoms with Gasteiger partial charge in [0.2, 0.25) is 0 Å². The van der Waals surface area contributed by atoms with Gasteiger partial charge in [0.25, 0.3) is 5.91 Å². The minimum Gasteiger partial charge on any atom is -0.478 e. The van der Waals surface area contributed by atoms with Crippen LogP contribution in [-0.2, 0) is 11.8 Å². The zero-order valence-corrected chi connectivity index (χ0v) is 13.5. The van der Waals surface area contributed by atoms with Gasteiger partial charge in [0.1, 0.15) is 17.2 Å². The first-order chi connectivity index (χ1) is 11.0. The third-order valence-corrected chi connectivity index (χ3v) is 3.43. The largest absolute Gasteiger partial charge is 0.478 e. The van der Waals surface area contributed by atoms with E-state index in [4.69, 9.17) is 10.4 Å². The highest BCUT2D eigenvalue weighted by Crippen LogP contribution is 2.12. The van der Waals surface area contributed by atoms with E-state index < -0.39 is 11.9 Å². The van der Waals surface area contributed by atoms with Gasteiger partial charge in [0.05, 0.1) is 11.9 Å². The number of amides is 1. The zero-order valence-electron chi connectivity index (χ0n) is 13.5. The molecule has 0 atom stereocenters. The van der Waals surface area contributed by atoms with Gasteiger partial charge in [-0.15, -0.1) is 0 Å². The molecule has 0 bridgehead atoms. The summed E-state index contributed by atoms with van der Waals surface area (Å²) in [5, 5.41) is 24.7. The Morgan fingerprint density at radius 3 is 2.70 bits per heavy atom. The summed E-state index contributed by atoms with van der Waals surface area (Å²) < 4.78 is 1.32. The number of unbranched alkanes of at least 4 members (excludes halogenated alkanes) is 4. The Morgan fingerprint density at radius 2 is 2.09 bits per heavy atom. The van der Waals surface area contributed by atoms with Crippen LogP contribution in [0.2, 0.25) is 0 Å². The van der Waals surface area contributed by atoms with Gasteiger partial charge in [0.15, 0.2) is 0 Å². The number of nitrogens with zero attached hydrogens (tertiary/aromatic N) is 3. The van der Waals surface area contributed by atoms with Gasteiger partial charge in [0, 0.05) is 13.6 Å². The Morgan fingerprint density at radius 1 is 1.39 bits per heavy atom. The fourth-order valence-corrected chi connectivity index (χ4v) is 2.09. The van der Waals surface area contributed by atoms with Gasteiger partial charge in [-0.3, -0.25) is 9.48 Å². The third-order valence-electron chi connectivity index (χ3n) is 3.43. The highest BCUT2D eigenvalue weighted by Gasteiger charge is 2.16. The normalized spacial score (nSPS) is 11.1. The molecule has 0 aliphatic carbocycles. The second-order valence-corrected chi connectivity index (χ2v) is 5.21. The monoisotopic (exact) mass is 318 g/mol. The first-order valence-corrected chi connectivity index (χ1v) is 7.66. The number of hydrogen-bond acceptors (Lipinski definition) is 4. The van der Waals surface area contributed by atoms with Crippen LogP contribution >= 0.6 is 0 Å². The molecule has 1 heterocycles. The minimum atomic E-state index is -1.15. The summed E-state index contributed by atoms with van der Waals surface area (Å²) in [7, 11) is 1.55. The molecule has 1 amide bonds. The molecule has 0 spiro atoms. The number of carboxylic acid groups (broad SMARTS) is 1. The average Bonchev–Trinajstić information content (AvgIpc) is 2.89. The van der Waals surface area contributed by atoms with Gasteiger partial charge in [-0.1, -0.05) is 32.6 Å². The van der Waals surface area contributed by atoms with E-state index in [0.29, 0.717) is 6.54 Å². The number of hydrogen-bond donors (Lipinski definition) is 2. The predicted octanol–water partition coefficient (Wildman–Crippen LogP) is 2.11. The number of nitrogens with one attached hydrogen (secondary N) is 1. The van der Waals surface area contributed by atoms with E-state index in [1.54, 1.807) is 7.05 Å². The highest BCUT2D eigenvalue weighted by atomic mass is 16.4. The van der Waals surface area contributed by atoms with Crippen molar-refractivity contribution in [3.63, 3.8) is 0 Å². The number of carbonyl (C=O) groups is 2. The fraction of sp³-hybridized carbons (Fsp3) is 0.500. The van der Waals surface area contributed by atoms with Gasteiger partial charge >= 0.3 is 5.97 Å². The number of carboxylic acids is 1. The van der Waals surface area contributed by atoms with Crippen LogP contribution in [0.15, 0.2) is 11.8 Å². The Labute approximate surface area is 135 Å². The second kappa shape index (κ2) is 9.41. The maximum absolute atomic E-state index is 12.0. The predicted molar refractivity (Wildman–Crippen MR) is 85.5 cm³/mol. The third kappa shape index (κ3) is 5.58. The molecule has 7 heteroatoms. The van der Waals surface area contributed by atoms with Crippen molar-refractivity contribution in [1.29, 1.82) is 5.26 Å². The highest BCUT2D eigenvalue weighted by molar-refractivity contribution is 6.03. The lowest BCUT2D eigenvalue weighted by Crippen LogP contribution is -2.25. The molecule has 1 aromatic rings. The number of aromatic carboxylic acids is 1. The van der Waals surface area contributed by atoms with E-state index in [9.17, 15) is 9.59 Å². The molecule has 1 rings (SSSR count). The number of aromatic nitrogens is 2. The summed E-state index contributed by atoms with van der Waals surface area (Å²) in [6.07, 6.45) is 7.79. The maximum Gasteiger partial charge on any atom is 0.339 e. The van der Waals surface area contributed by atoms with Crippen LogP contribution in [0.4, 0.5) is 0 Å². The van der Waals surface area contributed by atoms with Crippen LogP contribution in [0.3, 0.4) is 0 Å². The summed E-state index contributed by atoms with van der Waals surface area (Å²) in [5.74, 6) is -1.65. The molecule has 1 aromatic heterocycles. The Kier molecular flexibility index (Phi) is 7.54. The molecule has 0 aromatic carbocycles. The molecular formula is C16H22N4O3. The van der Waals surface area contributed by atoms with Gasteiger partial charge in [-0.2, -0.15) is 10.4 Å². The molecule has 124 valence electrons. The molecule has 7 nitrogen and oxygen atoms in total. The Bertz CT molecular complexity index is 626. The van der Waals surface area contributed by atoms with Crippen molar-refractivity contribution in [2.75, 3.05) is 6.54 Å². The van der Waals surface area contributed by atoms with Crippen LogP contribution in [-0.4, -0.2) is 33.3 Å². The van der Waals surface area contributed by atoms with Crippen LogP contribution in [0.1, 0.15) is 55.1 Å². The van der Waals surface area contributed by atoms with E-state index >= 15 is 0 Å². The second-order valence-electron chi connectivity index (χ2n) is 5.21. The number of nitriles is 1. The summed E-state index contributed by atoms with van der Waals surface area (Å²) in [6, 6.07) is 1.81. The molecule has 0 saturated carbocycles. The molecule has 0 radical (unpaired) electrons. The van der Waals surface area contributed by atoms with Gasteiger partial charge < -0.3 is 10.4 Å². The van der Waals surface area contributed by atoms with Crippen LogP contribution in [0.25, 0.3) is 6.08 Å². The maximum atomic E-state index is 12.0. The summed E-state index contributed by atoms with van der Waals surface area (Å²) in [6.45, 7) is 2.63. The Balaban J connectivity index is 2.69. The quantitative estimate of drug-likeness (QED) is 0.412. The summed E-state index contributed by atoms with van der Waals surface area (Å²) in [4.78, 5) is 23.1. The molecular weight excluding hydrogens is 296 g/mol. The number of carbonyl (C=O) groups excluding carboxylic acids is 1. The lowest BCUT2D eigenvalue weighted by molar-refractivity contribution is -0.117. The topological polar surface area (TPSA) is 108 Å². The standard InChI is InChI=1S/C16H22N4O3/c1-3-4-5-6-7-8-18-15(21)12(10-17)9-14-13(16(22)23)11-19-20(14)2/h9,11H,3-8H2,1-2H3,(H,18,21)(H,22,23)/b12-9+. The first kappa shape index (κ1) is 18.4. The summed E-state index contributed by atoms with van der Waals surface area (Å²) >= 11 is 0. The van der Waals surface area contributed by atoms with E-state index in [-0.39, 0.29) is 16.8 Å². The van der Waals surface area contributed by atoms with Crippen molar-refractivity contribution in [1.82, 2.24) is 15.1 Å². The van der Waals surface area contributed by atoms with Crippen molar-refractivity contribution in [2.45, 2.75) is 39.0 Å². The van der Waals surface area contributed by atoms with E-state index in [0.717, 1.165) is 25.7 Å². The van der Waals surface area contributed by atoms with Crippen LogP contribution in [0, 0.1) is 11.3 Å². The lowest BCUT2D eigenvalue weighted by Gasteiger charge is -2.05. The van der Waals surface area contributed by atoms with E-state index in [1.807, 2.05) is 6.07 Å². The average molecular weight is 318 g/mol. The molecule has 0 saturated heterocycles. The van der Waals surface area contributed by atoms with E-state index in [1.165, 1.54) is 23.4 Å². The van der Waals surface area contributed by atoms with Crippen molar-refractivity contribution in [2.24, 2.45) is 7.05 Å². The van der Waals surface area contributed by atoms with Crippen molar-refractivity contribution in [3.05, 3.63) is 23.0 Å². The van der Waals surface area contributed by atoms with Gasteiger partial charge in [-0.05, 0) is 12.5 Å². The van der Waals surface area contributed by atoms with Crippen LogP contribution in [0.5, 0.6) is 0 Å². The number of aryl methyl sites for hydroxylation is 1. The molecule has 23 heavy (non-hydrogen) atoms. The smallest absolute Gasteiger partial charge is 0.339 e. The van der Waals surface area contributed by atoms with Crippen molar-refractivity contribution < 1.29 is 14.7 Å². The lowest BCUT2D eigenvalue weighted by atomic mass is 10.1. The minimum absolute atomic E-state index is 0.0485. The fourth-order valence-electron chi connectivity index (χ4n) is 2.09. The molecule has 0 fully saturated rings. The molecule has 0 aliphatic rings. The Hall–Kier alpha value is -2.62. The first-order valence-electron chi connectivity index (χ1n) is 7.66. The number of rotatable bonds is 9. The molecule has 0 aliphatic heterocycles. The summed E-state index contributed by atoms with van der Waals surface area (Å²) in [5.41, 5.74) is 0.0319. The van der Waals surface area contributed by atoms with E-state index in [2.05, 4.69) is 17.3 Å². The zero-order chi connectivity index (χ0) is 17.2. The molecule has 0 unspecified atom stereocenters. The van der Waals surface area contributed by atoms with Gasteiger partial charge in [-0.25, -0.2) is 4.79 Å². The van der Waals surface area contributed by atoms with Crippen molar-refractivity contribution in [3.8, 4) is 6.07 Å². The SMILES string of the molecule is CCCCCCCNC(=O)/C(C#N)=C/c1c(C(=O)O)cnn1C. The molecule has 2 N–H and O–H groups in total. The van der Waals surface area contributed by atoms with Crippen LogP contribution < -0.4 is 5.32 Å². The van der Waals surface area contributed by atoms with Crippen molar-refractivity contribution >= 4 is 18.0 Å².